The minimum absolute atomic E-state index is 0.000343. The van der Waals surface area contributed by atoms with Gasteiger partial charge in [0.1, 0.15) is 40.5 Å². The number of carbonyl (C=O) groups excluding carboxylic acids is 3. The highest BCUT2D eigenvalue weighted by atomic mass is 32.1. The standard InChI is InChI=1S/C29H28N2O8S/c1-7-12-39-28(35)26-16(3)30-29(40-26)31-23(19-10-9-18(36-4)14-21(19)38-6)22(25(33)27(31)34)24(32)17-8-11-20(37-5)15(2)13-17/h7-11,13-14,23,32H,1,12H2,2-6H3/b24-22+/t23-/m0/s1. The number of aromatic nitrogens is 1. The van der Waals surface area contributed by atoms with Gasteiger partial charge in [-0.15, -0.1) is 0 Å². The monoisotopic (exact) mass is 564 g/mol. The lowest BCUT2D eigenvalue weighted by atomic mass is 9.94. The normalized spacial score (nSPS) is 16.1. The first-order valence-corrected chi connectivity index (χ1v) is 12.9. The molecule has 0 spiro atoms. The molecular weight excluding hydrogens is 536 g/mol. The fraction of sp³-hybridized carbons (Fsp3) is 0.241. The summed E-state index contributed by atoms with van der Waals surface area (Å²) in [7, 11) is 4.47. The second-order valence-electron chi connectivity index (χ2n) is 8.76. The fourth-order valence-corrected chi connectivity index (χ4v) is 5.41. The molecule has 0 radical (unpaired) electrons. The maximum atomic E-state index is 13.6. The maximum absolute atomic E-state index is 13.6. The summed E-state index contributed by atoms with van der Waals surface area (Å²) in [5, 5.41) is 11.6. The number of Topliss-reactive ketones (excluding diaryl/α,β-unsaturated/α-hetero) is 1. The average Bonchev–Trinajstić information content (AvgIpc) is 3.46. The Morgan fingerprint density at radius 3 is 2.42 bits per heavy atom. The molecule has 1 aliphatic heterocycles. The summed E-state index contributed by atoms with van der Waals surface area (Å²) in [6.45, 7) is 6.93. The molecule has 1 saturated heterocycles. The topological polar surface area (TPSA) is 124 Å². The number of carbonyl (C=O) groups is 3. The third-order valence-corrected chi connectivity index (χ3v) is 7.49. The molecule has 2 heterocycles. The molecule has 1 aromatic heterocycles. The predicted molar refractivity (Wildman–Crippen MR) is 149 cm³/mol. The molecular formula is C29H28N2O8S. The van der Waals surface area contributed by atoms with Gasteiger partial charge in [0.25, 0.3) is 5.78 Å². The zero-order chi connectivity index (χ0) is 29.1. The SMILES string of the molecule is C=CCOC(=O)c1sc(N2C(=O)C(=O)/C(=C(/O)c3ccc(OC)c(C)c3)[C@@H]2c2ccc(OC)cc2OC)nc1C. The van der Waals surface area contributed by atoms with E-state index in [4.69, 9.17) is 18.9 Å². The van der Waals surface area contributed by atoms with Crippen molar-refractivity contribution in [1.29, 1.82) is 0 Å². The summed E-state index contributed by atoms with van der Waals surface area (Å²) in [5.41, 5.74) is 1.59. The van der Waals surface area contributed by atoms with Gasteiger partial charge in [-0.1, -0.05) is 24.0 Å². The number of hydrogen-bond acceptors (Lipinski definition) is 10. The van der Waals surface area contributed by atoms with E-state index in [2.05, 4.69) is 11.6 Å². The summed E-state index contributed by atoms with van der Waals surface area (Å²) < 4.78 is 21.4. The van der Waals surface area contributed by atoms with Gasteiger partial charge in [-0.2, -0.15) is 0 Å². The average molecular weight is 565 g/mol. The van der Waals surface area contributed by atoms with Crippen molar-refractivity contribution >= 4 is 39.9 Å². The highest BCUT2D eigenvalue weighted by Gasteiger charge is 2.49. The number of aliphatic hydroxyl groups excluding tert-OH is 1. The van der Waals surface area contributed by atoms with Crippen LogP contribution in [0, 0.1) is 13.8 Å². The van der Waals surface area contributed by atoms with Gasteiger partial charge in [0.2, 0.25) is 0 Å². The number of rotatable bonds is 9. The zero-order valence-corrected chi connectivity index (χ0v) is 23.5. The van der Waals surface area contributed by atoms with Crippen LogP contribution in [0.25, 0.3) is 5.76 Å². The maximum Gasteiger partial charge on any atom is 0.350 e. The molecule has 10 nitrogen and oxygen atoms in total. The molecule has 1 fully saturated rings. The summed E-state index contributed by atoms with van der Waals surface area (Å²) in [6.07, 6.45) is 1.44. The Morgan fingerprint density at radius 2 is 1.80 bits per heavy atom. The van der Waals surface area contributed by atoms with Crippen LogP contribution in [0.2, 0.25) is 0 Å². The van der Waals surface area contributed by atoms with Crippen molar-refractivity contribution in [1.82, 2.24) is 4.98 Å². The molecule has 2 aromatic carbocycles. The molecule has 4 rings (SSSR count). The number of aryl methyl sites for hydroxylation is 2. The van der Waals surface area contributed by atoms with Crippen molar-refractivity contribution in [2.24, 2.45) is 0 Å². The van der Waals surface area contributed by atoms with Crippen LogP contribution in [-0.4, -0.2) is 55.7 Å². The van der Waals surface area contributed by atoms with E-state index in [1.807, 2.05) is 0 Å². The van der Waals surface area contributed by atoms with Crippen LogP contribution in [0.3, 0.4) is 0 Å². The van der Waals surface area contributed by atoms with Gasteiger partial charge in [-0.05, 0) is 49.7 Å². The van der Waals surface area contributed by atoms with Crippen LogP contribution < -0.4 is 19.1 Å². The summed E-state index contributed by atoms with van der Waals surface area (Å²) in [4.78, 5) is 45.5. The Kier molecular flexibility index (Phi) is 8.24. The first-order valence-electron chi connectivity index (χ1n) is 12.1. The van der Waals surface area contributed by atoms with Crippen LogP contribution in [0.4, 0.5) is 5.13 Å². The molecule has 1 amide bonds. The van der Waals surface area contributed by atoms with Crippen molar-refractivity contribution in [2.45, 2.75) is 19.9 Å². The molecule has 0 aliphatic carbocycles. The lowest BCUT2D eigenvalue weighted by Gasteiger charge is -2.25. The van der Waals surface area contributed by atoms with E-state index in [-0.39, 0.29) is 27.9 Å². The first kappa shape index (κ1) is 28.4. The number of benzene rings is 2. The van der Waals surface area contributed by atoms with Crippen LogP contribution in [0.15, 0.2) is 54.6 Å². The molecule has 40 heavy (non-hydrogen) atoms. The Balaban J connectivity index is 1.95. The fourth-order valence-electron chi connectivity index (χ4n) is 4.42. The van der Waals surface area contributed by atoms with Gasteiger partial charge >= 0.3 is 11.9 Å². The van der Waals surface area contributed by atoms with Gasteiger partial charge < -0.3 is 24.1 Å². The number of ketones is 1. The molecule has 0 saturated carbocycles. The Bertz CT molecular complexity index is 1540. The first-order chi connectivity index (χ1) is 19.2. The third-order valence-electron chi connectivity index (χ3n) is 6.36. The molecule has 1 aliphatic rings. The molecule has 1 atom stereocenters. The minimum Gasteiger partial charge on any atom is -0.507 e. The van der Waals surface area contributed by atoms with Crippen LogP contribution >= 0.6 is 11.3 Å². The van der Waals surface area contributed by atoms with Crippen LogP contribution in [-0.2, 0) is 14.3 Å². The number of esters is 1. The minimum atomic E-state index is -1.13. The lowest BCUT2D eigenvalue weighted by molar-refractivity contribution is -0.132. The van der Waals surface area contributed by atoms with Crippen molar-refractivity contribution < 1.29 is 38.4 Å². The van der Waals surface area contributed by atoms with Crippen LogP contribution in [0.1, 0.15) is 38.1 Å². The Morgan fingerprint density at radius 1 is 1.07 bits per heavy atom. The van der Waals surface area contributed by atoms with Crippen molar-refractivity contribution in [3.05, 3.63) is 81.9 Å². The smallest absolute Gasteiger partial charge is 0.350 e. The van der Waals surface area contributed by atoms with Gasteiger partial charge in [0.15, 0.2) is 5.13 Å². The molecule has 3 aromatic rings. The van der Waals surface area contributed by atoms with Crippen molar-refractivity contribution in [3.63, 3.8) is 0 Å². The van der Waals surface area contributed by atoms with E-state index in [9.17, 15) is 19.5 Å². The van der Waals surface area contributed by atoms with Crippen LogP contribution in [0.5, 0.6) is 17.2 Å². The second-order valence-corrected chi connectivity index (χ2v) is 9.74. The zero-order valence-electron chi connectivity index (χ0n) is 22.6. The summed E-state index contributed by atoms with van der Waals surface area (Å²) >= 11 is 0.904. The second kappa shape index (κ2) is 11.6. The molecule has 0 unspecified atom stereocenters. The van der Waals surface area contributed by atoms with E-state index in [0.717, 1.165) is 21.8 Å². The number of anilines is 1. The van der Waals surface area contributed by atoms with E-state index >= 15 is 0 Å². The van der Waals surface area contributed by atoms with E-state index in [1.54, 1.807) is 50.2 Å². The van der Waals surface area contributed by atoms with Gasteiger partial charge in [0, 0.05) is 17.2 Å². The van der Waals surface area contributed by atoms with Crippen molar-refractivity contribution in [3.8, 4) is 17.2 Å². The Hall–Kier alpha value is -4.64. The number of amides is 1. The van der Waals surface area contributed by atoms with Gasteiger partial charge in [-0.25, -0.2) is 9.78 Å². The number of thiazole rings is 1. The largest absolute Gasteiger partial charge is 0.507 e. The lowest BCUT2D eigenvalue weighted by Crippen LogP contribution is -2.29. The van der Waals surface area contributed by atoms with Gasteiger partial charge in [0.05, 0.1) is 32.6 Å². The summed E-state index contributed by atoms with van der Waals surface area (Å²) in [5.74, 6) is -1.46. The third kappa shape index (κ3) is 5.03. The van der Waals surface area contributed by atoms with E-state index in [0.29, 0.717) is 34.1 Å². The number of nitrogens with zero attached hydrogens (tertiary/aromatic N) is 2. The quantitative estimate of drug-likeness (QED) is 0.129. The predicted octanol–water partition coefficient (Wildman–Crippen LogP) is 4.75. The number of aliphatic hydroxyl groups is 1. The van der Waals surface area contributed by atoms with Gasteiger partial charge in [-0.3, -0.25) is 14.5 Å². The van der Waals surface area contributed by atoms with E-state index < -0.39 is 23.7 Å². The Labute approximate surface area is 235 Å². The highest BCUT2D eigenvalue weighted by Crippen LogP contribution is 2.47. The number of hydrogen-bond donors (Lipinski definition) is 1. The molecule has 0 bridgehead atoms. The van der Waals surface area contributed by atoms with Crippen molar-refractivity contribution in [2.75, 3.05) is 32.8 Å². The molecule has 11 heteroatoms. The highest BCUT2D eigenvalue weighted by molar-refractivity contribution is 7.17. The molecule has 208 valence electrons. The molecule has 1 N–H and O–H groups in total. The number of methoxy groups -OCH3 is 3. The summed E-state index contributed by atoms with van der Waals surface area (Å²) in [6, 6.07) is 8.69. The number of ether oxygens (including phenoxy) is 4. The van der Waals surface area contributed by atoms with E-state index in [1.165, 1.54) is 27.4 Å².